The molecule has 2 aromatic carbocycles. The Morgan fingerprint density at radius 1 is 1.00 bits per heavy atom. The van der Waals surface area contributed by atoms with Crippen molar-refractivity contribution in [3.05, 3.63) is 65.2 Å². The van der Waals surface area contributed by atoms with Crippen LogP contribution in [0.5, 0.6) is 0 Å². The van der Waals surface area contributed by atoms with Gasteiger partial charge >= 0.3 is 0 Å². The molecule has 0 fully saturated rings. The summed E-state index contributed by atoms with van der Waals surface area (Å²) in [5.41, 5.74) is 4.70. The molecule has 20 heavy (non-hydrogen) atoms. The standard InChI is InChI=1S/C17H20N2S/c1-12-9-13(2)11-16(10-12)19-17(20)18-14(3)15-7-5-4-6-8-15/h4-11,14H,1-3H3,(H2,18,19,20)/t14-/m1/s1. The van der Waals surface area contributed by atoms with Gasteiger partial charge in [-0.1, -0.05) is 36.4 Å². The van der Waals surface area contributed by atoms with Crippen LogP contribution in [0.25, 0.3) is 0 Å². The highest BCUT2D eigenvalue weighted by Gasteiger charge is 2.06. The van der Waals surface area contributed by atoms with Gasteiger partial charge < -0.3 is 10.6 Å². The molecule has 3 heteroatoms. The van der Waals surface area contributed by atoms with Crippen molar-refractivity contribution < 1.29 is 0 Å². The minimum Gasteiger partial charge on any atom is -0.356 e. The zero-order chi connectivity index (χ0) is 14.5. The number of thiocarbonyl (C=S) groups is 1. The van der Waals surface area contributed by atoms with Gasteiger partial charge in [-0.2, -0.15) is 0 Å². The summed E-state index contributed by atoms with van der Waals surface area (Å²) in [7, 11) is 0. The summed E-state index contributed by atoms with van der Waals surface area (Å²) in [6, 6.07) is 16.8. The Labute approximate surface area is 126 Å². The maximum absolute atomic E-state index is 5.38. The van der Waals surface area contributed by atoms with Crippen molar-refractivity contribution in [1.29, 1.82) is 0 Å². The van der Waals surface area contributed by atoms with Crippen molar-refractivity contribution in [1.82, 2.24) is 5.32 Å². The highest BCUT2D eigenvalue weighted by atomic mass is 32.1. The molecule has 104 valence electrons. The number of aryl methyl sites for hydroxylation is 2. The smallest absolute Gasteiger partial charge is 0.171 e. The van der Waals surface area contributed by atoms with E-state index in [2.05, 4.69) is 61.7 Å². The molecule has 0 saturated heterocycles. The normalized spacial score (nSPS) is 11.8. The summed E-state index contributed by atoms with van der Waals surface area (Å²) >= 11 is 5.38. The first kappa shape index (κ1) is 14.5. The first-order chi connectivity index (χ1) is 9.54. The average molecular weight is 284 g/mol. The van der Waals surface area contributed by atoms with E-state index in [9.17, 15) is 0 Å². The van der Waals surface area contributed by atoms with E-state index in [0.29, 0.717) is 5.11 Å². The fourth-order valence-corrected chi connectivity index (χ4v) is 2.53. The molecule has 0 aliphatic carbocycles. The molecule has 2 aromatic rings. The minimum absolute atomic E-state index is 0.183. The molecule has 2 N–H and O–H groups in total. The van der Waals surface area contributed by atoms with Crippen LogP contribution in [0.4, 0.5) is 5.69 Å². The van der Waals surface area contributed by atoms with E-state index in [4.69, 9.17) is 12.2 Å². The van der Waals surface area contributed by atoms with Gasteiger partial charge in [0.25, 0.3) is 0 Å². The van der Waals surface area contributed by atoms with Crippen molar-refractivity contribution in [2.24, 2.45) is 0 Å². The average Bonchev–Trinajstić information content (AvgIpc) is 2.38. The Balaban J connectivity index is 1.99. The van der Waals surface area contributed by atoms with Gasteiger partial charge in [0.2, 0.25) is 0 Å². The van der Waals surface area contributed by atoms with Gasteiger partial charge in [0.15, 0.2) is 5.11 Å². The fourth-order valence-electron chi connectivity index (χ4n) is 2.24. The predicted octanol–water partition coefficient (Wildman–Crippen LogP) is 4.35. The van der Waals surface area contributed by atoms with Crippen LogP contribution >= 0.6 is 12.2 Å². The Morgan fingerprint density at radius 3 is 2.20 bits per heavy atom. The summed E-state index contributed by atoms with van der Waals surface area (Å²) < 4.78 is 0. The molecular formula is C17H20N2S. The minimum atomic E-state index is 0.183. The number of hydrogen-bond donors (Lipinski definition) is 2. The molecule has 0 spiro atoms. The van der Waals surface area contributed by atoms with Gasteiger partial charge in [-0.3, -0.25) is 0 Å². The molecule has 0 aliphatic heterocycles. The van der Waals surface area contributed by atoms with E-state index in [1.807, 2.05) is 18.2 Å². The maximum atomic E-state index is 5.38. The van der Waals surface area contributed by atoms with Gasteiger partial charge in [0, 0.05) is 5.69 Å². The Bertz CT molecular complexity index is 573. The quantitative estimate of drug-likeness (QED) is 0.819. The number of nitrogens with one attached hydrogen (secondary N) is 2. The Hall–Kier alpha value is -1.87. The third kappa shape index (κ3) is 4.07. The monoisotopic (exact) mass is 284 g/mol. The summed E-state index contributed by atoms with van der Waals surface area (Å²) in [5, 5.41) is 7.19. The van der Waals surface area contributed by atoms with Gasteiger partial charge in [-0.25, -0.2) is 0 Å². The molecule has 0 aliphatic rings. The molecule has 0 aromatic heterocycles. The first-order valence-electron chi connectivity index (χ1n) is 6.75. The van der Waals surface area contributed by atoms with Crippen molar-refractivity contribution in [3.8, 4) is 0 Å². The Kier molecular flexibility index (Phi) is 4.74. The summed E-state index contributed by atoms with van der Waals surface area (Å²) in [6.07, 6.45) is 0. The van der Waals surface area contributed by atoms with E-state index < -0.39 is 0 Å². The van der Waals surface area contributed by atoms with Crippen LogP contribution in [0.2, 0.25) is 0 Å². The lowest BCUT2D eigenvalue weighted by Gasteiger charge is -2.17. The third-order valence-corrected chi connectivity index (χ3v) is 3.35. The molecule has 0 bridgehead atoms. The molecule has 1 atom stereocenters. The molecule has 2 rings (SSSR count). The van der Waals surface area contributed by atoms with E-state index in [-0.39, 0.29) is 6.04 Å². The topological polar surface area (TPSA) is 24.1 Å². The summed E-state index contributed by atoms with van der Waals surface area (Å²) in [4.78, 5) is 0. The van der Waals surface area contributed by atoms with Crippen LogP contribution in [0, 0.1) is 13.8 Å². The largest absolute Gasteiger partial charge is 0.356 e. The predicted molar refractivity (Wildman–Crippen MR) is 90.1 cm³/mol. The fraction of sp³-hybridized carbons (Fsp3) is 0.235. The van der Waals surface area contributed by atoms with Gasteiger partial charge in [0.1, 0.15) is 0 Å². The molecule has 0 heterocycles. The van der Waals surface area contributed by atoms with Gasteiger partial charge in [0.05, 0.1) is 6.04 Å². The second-order valence-electron chi connectivity index (χ2n) is 5.11. The molecule has 0 saturated carbocycles. The van der Waals surface area contributed by atoms with Crippen LogP contribution in [-0.2, 0) is 0 Å². The summed E-state index contributed by atoms with van der Waals surface area (Å²) in [6.45, 7) is 6.27. The SMILES string of the molecule is Cc1cc(C)cc(NC(=S)N[C@H](C)c2ccccc2)c1. The van der Waals surface area contributed by atoms with Crippen molar-refractivity contribution in [3.63, 3.8) is 0 Å². The lowest BCUT2D eigenvalue weighted by Crippen LogP contribution is -2.30. The molecule has 0 unspecified atom stereocenters. The molecule has 0 radical (unpaired) electrons. The highest BCUT2D eigenvalue weighted by Crippen LogP contribution is 2.15. The highest BCUT2D eigenvalue weighted by molar-refractivity contribution is 7.80. The van der Waals surface area contributed by atoms with Crippen molar-refractivity contribution in [2.45, 2.75) is 26.8 Å². The van der Waals surface area contributed by atoms with Crippen LogP contribution in [0.1, 0.15) is 29.7 Å². The zero-order valence-corrected chi connectivity index (χ0v) is 12.9. The number of anilines is 1. The van der Waals surface area contributed by atoms with Crippen LogP contribution < -0.4 is 10.6 Å². The third-order valence-electron chi connectivity index (χ3n) is 3.13. The molecule has 2 nitrogen and oxygen atoms in total. The van der Waals surface area contributed by atoms with Crippen LogP contribution in [0.15, 0.2) is 48.5 Å². The zero-order valence-electron chi connectivity index (χ0n) is 12.1. The number of hydrogen-bond acceptors (Lipinski definition) is 1. The van der Waals surface area contributed by atoms with Crippen LogP contribution in [0.3, 0.4) is 0 Å². The lowest BCUT2D eigenvalue weighted by atomic mass is 10.1. The number of rotatable bonds is 3. The van der Waals surface area contributed by atoms with E-state index in [0.717, 1.165) is 5.69 Å². The second kappa shape index (κ2) is 6.53. The van der Waals surface area contributed by atoms with E-state index in [1.165, 1.54) is 16.7 Å². The second-order valence-corrected chi connectivity index (χ2v) is 5.52. The van der Waals surface area contributed by atoms with Crippen molar-refractivity contribution >= 4 is 23.0 Å². The summed E-state index contributed by atoms with van der Waals surface area (Å²) in [5.74, 6) is 0. The van der Waals surface area contributed by atoms with E-state index >= 15 is 0 Å². The van der Waals surface area contributed by atoms with Crippen molar-refractivity contribution in [2.75, 3.05) is 5.32 Å². The first-order valence-corrected chi connectivity index (χ1v) is 7.16. The van der Waals surface area contributed by atoms with Gasteiger partial charge in [-0.05, 0) is 61.8 Å². The lowest BCUT2D eigenvalue weighted by molar-refractivity contribution is 0.722. The molecule has 0 amide bonds. The number of benzene rings is 2. The molecular weight excluding hydrogens is 264 g/mol. The Morgan fingerprint density at radius 2 is 1.60 bits per heavy atom. The van der Waals surface area contributed by atoms with Crippen LogP contribution in [-0.4, -0.2) is 5.11 Å². The maximum Gasteiger partial charge on any atom is 0.171 e. The van der Waals surface area contributed by atoms with E-state index in [1.54, 1.807) is 0 Å². The van der Waals surface area contributed by atoms with Gasteiger partial charge in [-0.15, -0.1) is 0 Å².